The van der Waals surface area contributed by atoms with Crippen LogP contribution >= 0.6 is 0 Å². The zero-order valence-electron chi connectivity index (χ0n) is 8.56. The largest absolute Gasteiger partial charge is 0.479 e. The highest BCUT2D eigenvalue weighted by molar-refractivity contribution is 5.77. The molecule has 82 valence electrons. The molecule has 0 aliphatic rings. The summed E-state index contributed by atoms with van der Waals surface area (Å²) in [4.78, 5) is 18.5. The smallest absolute Gasteiger partial charge is 0.337 e. The molecule has 1 atom stereocenters. The summed E-state index contributed by atoms with van der Waals surface area (Å²) in [7, 11) is 0. The Morgan fingerprint density at radius 3 is 2.80 bits per heavy atom. The molecule has 3 N–H and O–H groups in total. The fourth-order valence-electron chi connectivity index (χ4n) is 0.887. The second-order valence-electron chi connectivity index (χ2n) is 3.48. The second-order valence-corrected chi connectivity index (χ2v) is 3.48. The zero-order chi connectivity index (χ0) is 11.5. The number of aliphatic hydroxyl groups is 1. The topological polar surface area (TPSA) is 95.3 Å². The third kappa shape index (κ3) is 3.17. The summed E-state index contributed by atoms with van der Waals surface area (Å²) < 4.78 is 0. The van der Waals surface area contributed by atoms with Crippen molar-refractivity contribution in [3.05, 3.63) is 18.1 Å². The zero-order valence-corrected chi connectivity index (χ0v) is 8.56. The molecule has 1 heterocycles. The van der Waals surface area contributed by atoms with Crippen molar-refractivity contribution in [3.8, 4) is 0 Å². The molecule has 0 aliphatic carbocycles. The number of carboxylic acids is 1. The fourth-order valence-corrected chi connectivity index (χ4v) is 0.887. The molecule has 6 heteroatoms. The first-order chi connectivity index (χ1) is 6.92. The minimum Gasteiger partial charge on any atom is -0.479 e. The molecule has 0 bridgehead atoms. The maximum atomic E-state index is 10.6. The van der Waals surface area contributed by atoms with Crippen molar-refractivity contribution in [3.63, 3.8) is 0 Å². The Hall–Kier alpha value is -1.69. The van der Waals surface area contributed by atoms with Gasteiger partial charge >= 0.3 is 5.97 Å². The number of nitrogens with one attached hydrogen (secondary N) is 1. The number of nitrogens with zero attached hydrogens (tertiary/aromatic N) is 2. The number of aliphatic carboxylic acids is 1. The van der Waals surface area contributed by atoms with Crippen LogP contribution in [-0.4, -0.2) is 38.3 Å². The van der Waals surface area contributed by atoms with Crippen LogP contribution < -0.4 is 5.32 Å². The molecule has 0 saturated heterocycles. The van der Waals surface area contributed by atoms with Gasteiger partial charge in [0, 0.05) is 6.20 Å². The molecule has 0 aliphatic heterocycles. The van der Waals surface area contributed by atoms with Gasteiger partial charge in [-0.1, -0.05) is 0 Å². The van der Waals surface area contributed by atoms with Crippen LogP contribution in [-0.2, 0) is 4.79 Å². The van der Waals surface area contributed by atoms with Crippen LogP contribution in [0.2, 0.25) is 0 Å². The van der Waals surface area contributed by atoms with Gasteiger partial charge < -0.3 is 15.5 Å². The molecule has 6 nitrogen and oxygen atoms in total. The van der Waals surface area contributed by atoms with Gasteiger partial charge in [-0.05, 0) is 13.8 Å². The van der Waals surface area contributed by atoms with Crippen LogP contribution in [0.25, 0.3) is 0 Å². The van der Waals surface area contributed by atoms with E-state index in [1.54, 1.807) is 13.1 Å². The molecule has 0 aromatic carbocycles. The third-order valence-electron chi connectivity index (χ3n) is 1.83. The number of aryl methyl sites for hydroxylation is 1. The summed E-state index contributed by atoms with van der Waals surface area (Å²) in [6, 6.07) is 0. The molecule has 15 heavy (non-hydrogen) atoms. The summed E-state index contributed by atoms with van der Waals surface area (Å²) in [5, 5.41) is 20.8. The van der Waals surface area contributed by atoms with E-state index >= 15 is 0 Å². The monoisotopic (exact) mass is 211 g/mol. The standard InChI is InChI=1S/C9H13N3O3/c1-6-3-10-4-7(12-6)11-5-9(2,15)8(13)14/h3-4,15H,5H2,1-2H3,(H,11,12)(H,13,14). The van der Waals surface area contributed by atoms with E-state index in [9.17, 15) is 9.90 Å². The van der Waals surface area contributed by atoms with Crippen molar-refractivity contribution in [1.29, 1.82) is 0 Å². The van der Waals surface area contributed by atoms with Crippen LogP contribution in [0.4, 0.5) is 5.82 Å². The predicted molar refractivity (Wildman–Crippen MR) is 53.5 cm³/mol. The van der Waals surface area contributed by atoms with Crippen molar-refractivity contribution in [2.45, 2.75) is 19.4 Å². The second kappa shape index (κ2) is 4.22. The number of hydrogen-bond acceptors (Lipinski definition) is 5. The van der Waals surface area contributed by atoms with E-state index in [-0.39, 0.29) is 6.54 Å². The molecule has 1 rings (SSSR count). The van der Waals surface area contributed by atoms with E-state index in [0.29, 0.717) is 5.82 Å². The Kier molecular flexibility index (Phi) is 3.21. The molecule has 1 aromatic heterocycles. The maximum Gasteiger partial charge on any atom is 0.337 e. The molecule has 0 amide bonds. The summed E-state index contributed by atoms with van der Waals surface area (Å²) in [5.74, 6) is -0.841. The van der Waals surface area contributed by atoms with Crippen LogP contribution in [0.5, 0.6) is 0 Å². The fraction of sp³-hybridized carbons (Fsp3) is 0.444. The van der Waals surface area contributed by atoms with Crippen LogP contribution in [0.1, 0.15) is 12.6 Å². The average Bonchev–Trinajstić information content (AvgIpc) is 2.15. The third-order valence-corrected chi connectivity index (χ3v) is 1.83. The van der Waals surface area contributed by atoms with Crippen molar-refractivity contribution in [2.24, 2.45) is 0 Å². The van der Waals surface area contributed by atoms with Crippen LogP contribution in [0.15, 0.2) is 12.4 Å². The normalized spacial score (nSPS) is 14.3. The first kappa shape index (κ1) is 11.4. The van der Waals surface area contributed by atoms with Crippen molar-refractivity contribution >= 4 is 11.8 Å². The Morgan fingerprint density at radius 1 is 1.60 bits per heavy atom. The molecule has 0 radical (unpaired) electrons. The van der Waals surface area contributed by atoms with Crippen molar-refractivity contribution < 1.29 is 15.0 Å². The van der Waals surface area contributed by atoms with Crippen LogP contribution in [0, 0.1) is 6.92 Å². The minimum absolute atomic E-state index is 0.125. The first-order valence-electron chi connectivity index (χ1n) is 4.40. The molecule has 1 aromatic rings. The summed E-state index contributed by atoms with van der Waals surface area (Å²) in [5.41, 5.74) is -1.10. The number of rotatable bonds is 4. The Balaban J connectivity index is 2.61. The van der Waals surface area contributed by atoms with Gasteiger partial charge in [0.2, 0.25) is 0 Å². The Morgan fingerprint density at radius 2 is 2.27 bits per heavy atom. The van der Waals surface area contributed by atoms with Gasteiger partial charge in [-0.25, -0.2) is 9.78 Å². The van der Waals surface area contributed by atoms with Crippen molar-refractivity contribution in [1.82, 2.24) is 9.97 Å². The Labute approximate surface area is 87.0 Å². The highest BCUT2D eigenvalue weighted by Gasteiger charge is 2.29. The molecular weight excluding hydrogens is 198 g/mol. The van der Waals surface area contributed by atoms with E-state index in [1.165, 1.54) is 13.1 Å². The number of hydrogen-bond donors (Lipinski definition) is 3. The molecular formula is C9H13N3O3. The van der Waals surface area contributed by atoms with Gasteiger partial charge in [0.1, 0.15) is 5.82 Å². The maximum absolute atomic E-state index is 10.6. The minimum atomic E-state index is -1.81. The number of carbonyl (C=O) groups is 1. The lowest BCUT2D eigenvalue weighted by atomic mass is 10.1. The SMILES string of the molecule is Cc1cncc(NCC(C)(O)C(=O)O)n1. The van der Waals surface area contributed by atoms with Crippen LogP contribution in [0.3, 0.4) is 0 Å². The number of carboxylic acid groups (broad SMARTS) is 1. The number of anilines is 1. The highest BCUT2D eigenvalue weighted by Crippen LogP contribution is 2.06. The predicted octanol–water partition coefficient (Wildman–Crippen LogP) is 0.0325. The van der Waals surface area contributed by atoms with Gasteiger partial charge in [-0.15, -0.1) is 0 Å². The molecule has 0 fully saturated rings. The average molecular weight is 211 g/mol. The van der Waals surface area contributed by atoms with Gasteiger partial charge in [0.05, 0.1) is 18.4 Å². The van der Waals surface area contributed by atoms with Crippen molar-refractivity contribution in [2.75, 3.05) is 11.9 Å². The van der Waals surface area contributed by atoms with Gasteiger partial charge in [0.15, 0.2) is 5.60 Å². The quantitative estimate of drug-likeness (QED) is 0.650. The van der Waals surface area contributed by atoms with E-state index in [4.69, 9.17) is 5.11 Å². The van der Waals surface area contributed by atoms with E-state index in [0.717, 1.165) is 5.69 Å². The highest BCUT2D eigenvalue weighted by atomic mass is 16.4. The Bertz CT molecular complexity index is 365. The van der Waals surface area contributed by atoms with Gasteiger partial charge in [0.25, 0.3) is 0 Å². The lowest BCUT2D eigenvalue weighted by Gasteiger charge is -2.18. The summed E-state index contributed by atoms with van der Waals surface area (Å²) >= 11 is 0. The molecule has 0 saturated carbocycles. The molecule has 1 unspecified atom stereocenters. The molecule has 0 spiro atoms. The van der Waals surface area contributed by atoms with Gasteiger partial charge in [-0.3, -0.25) is 4.98 Å². The van der Waals surface area contributed by atoms with E-state index < -0.39 is 11.6 Å². The lowest BCUT2D eigenvalue weighted by molar-refractivity contribution is -0.155. The summed E-state index contributed by atoms with van der Waals surface area (Å²) in [6.45, 7) is 2.86. The number of aromatic nitrogens is 2. The van der Waals surface area contributed by atoms with E-state index in [2.05, 4.69) is 15.3 Å². The summed E-state index contributed by atoms with van der Waals surface area (Å²) in [6.07, 6.45) is 3.05. The lowest BCUT2D eigenvalue weighted by Crippen LogP contribution is -2.41. The van der Waals surface area contributed by atoms with E-state index in [1.807, 2.05) is 0 Å². The van der Waals surface area contributed by atoms with Gasteiger partial charge in [-0.2, -0.15) is 0 Å². The first-order valence-corrected chi connectivity index (χ1v) is 4.40.